The molecule has 0 amide bonds. The van der Waals surface area contributed by atoms with Crippen molar-refractivity contribution in [3.05, 3.63) is 63.6 Å². The molecule has 0 radical (unpaired) electrons. The van der Waals surface area contributed by atoms with Crippen molar-refractivity contribution < 1.29 is 4.79 Å². The van der Waals surface area contributed by atoms with E-state index in [1.807, 2.05) is 42.3 Å². The standard InChI is InChI=1S/C16H15Cl2NO/c1-11(20)14-8-7-13(9-16(14)18)19(2)10-12-5-3-4-6-15(12)17/h3-9H,10H2,1-2H3. The second kappa shape index (κ2) is 6.29. The van der Waals surface area contributed by atoms with E-state index in [4.69, 9.17) is 23.2 Å². The number of hydrogen-bond donors (Lipinski definition) is 0. The molecule has 2 nitrogen and oxygen atoms in total. The van der Waals surface area contributed by atoms with Crippen LogP contribution < -0.4 is 4.90 Å². The van der Waals surface area contributed by atoms with Crippen LogP contribution in [0.4, 0.5) is 5.69 Å². The Balaban J connectivity index is 2.22. The van der Waals surface area contributed by atoms with Crippen LogP contribution in [0.5, 0.6) is 0 Å². The predicted molar refractivity (Wildman–Crippen MR) is 85.0 cm³/mol. The lowest BCUT2D eigenvalue weighted by Crippen LogP contribution is -2.16. The van der Waals surface area contributed by atoms with Crippen LogP contribution in [0.1, 0.15) is 22.8 Å². The molecule has 0 atom stereocenters. The molecule has 0 spiro atoms. The molecule has 0 heterocycles. The molecule has 2 aromatic rings. The first-order valence-electron chi connectivity index (χ1n) is 6.24. The molecule has 2 aromatic carbocycles. The zero-order valence-corrected chi connectivity index (χ0v) is 12.9. The molecule has 0 fully saturated rings. The molecule has 0 unspecified atom stereocenters. The van der Waals surface area contributed by atoms with Gasteiger partial charge in [0.25, 0.3) is 0 Å². The number of rotatable bonds is 4. The number of hydrogen-bond acceptors (Lipinski definition) is 2. The molecule has 4 heteroatoms. The Kier molecular flexibility index (Phi) is 4.69. The summed E-state index contributed by atoms with van der Waals surface area (Å²) in [5.41, 5.74) is 2.53. The van der Waals surface area contributed by atoms with Crippen LogP contribution in [0.25, 0.3) is 0 Å². The van der Waals surface area contributed by atoms with E-state index in [1.54, 1.807) is 12.1 Å². The van der Waals surface area contributed by atoms with Gasteiger partial charge >= 0.3 is 0 Å². The van der Waals surface area contributed by atoms with Crippen molar-refractivity contribution in [1.29, 1.82) is 0 Å². The van der Waals surface area contributed by atoms with E-state index in [2.05, 4.69) is 0 Å². The first-order valence-corrected chi connectivity index (χ1v) is 6.99. The Hall–Kier alpha value is -1.51. The number of ketones is 1. The Morgan fingerprint density at radius 1 is 1.10 bits per heavy atom. The van der Waals surface area contributed by atoms with Crippen LogP contribution >= 0.6 is 23.2 Å². The Morgan fingerprint density at radius 3 is 2.40 bits per heavy atom. The van der Waals surface area contributed by atoms with Crippen molar-refractivity contribution in [2.75, 3.05) is 11.9 Å². The quantitative estimate of drug-likeness (QED) is 0.754. The van der Waals surface area contributed by atoms with Gasteiger partial charge in [-0.3, -0.25) is 4.79 Å². The maximum Gasteiger partial charge on any atom is 0.161 e. The predicted octanol–water partition coefficient (Wildman–Crippen LogP) is 4.83. The van der Waals surface area contributed by atoms with Crippen LogP contribution in [0, 0.1) is 0 Å². The van der Waals surface area contributed by atoms with Crippen LogP contribution in [0.3, 0.4) is 0 Å². The molecule has 0 aliphatic carbocycles. The summed E-state index contributed by atoms with van der Waals surface area (Å²) in [5.74, 6) is -0.0321. The lowest BCUT2D eigenvalue weighted by atomic mass is 10.1. The lowest BCUT2D eigenvalue weighted by Gasteiger charge is -2.20. The van der Waals surface area contributed by atoms with Crippen molar-refractivity contribution in [2.24, 2.45) is 0 Å². The number of anilines is 1. The Bertz CT molecular complexity index is 640. The van der Waals surface area contributed by atoms with E-state index >= 15 is 0 Å². The van der Waals surface area contributed by atoms with E-state index in [9.17, 15) is 4.79 Å². The van der Waals surface area contributed by atoms with Gasteiger partial charge in [0.2, 0.25) is 0 Å². The molecule has 104 valence electrons. The molecule has 0 saturated carbocycles. The second-order valence-corrected chi connectivity index (χ2v) is 5.48. The maximum absolute atomic E-state index is 11.4. The second-order valence-electron chi connectivity index (χ2n) is 4.67. The van der Waals surface area contributed by atoms with E-state index in [0.29, 0.717) is 17.1 Å². The fourth-order valence-corrected chi connectivity index (χ4v) is 2.50. The van der Waals surface area contributed by atoms with Crippen molar-refractivity contribution >= 4 is 34.7 Å². The highest BCUT2D eigenvalue weighted by Crippen LogP contribution is 2.25. The smallest absolute Gasteiger partial charge is 0.161 e. The first-order chi connectivity index (χ1) is 9.49. The van der Waals surface area contributed by atoms with Crippen LogP contribution in [0.2, 0.25) is 10.0 Å². The average Bonchev–Trinajstić information content (AvgIpc) is 2.40. The van der Waals surface area contributed by atoms with E-state index in [1.165, 1.54) is 6.92 Å². The highest BCUT2D eigenvalue weighted by molar-refractivity contribution is 6.34. The summed E-state index contributed by atoms with van der Waals surface area (Å²) in [5, 5.41) is 1.21. The Labute approximate surface area is 128 Å². The highest BCUT2D eigenvalue weighted by Gasteiger charge is 2.10. The maximum atomic E-state index is 11.4. The molecule has 20 heavy (non-hydrogen) atoms. The number of carbonyl (C=O) groups is 1. The normalized spacial score (nSPS) is 10.4. The topological polar surface area (TPSA) is 20.3 Å². The van der Waals surface area contributed by atoms with Gasteiger partial charge in [-0.05, 0) is 36.8 Å². The fraction of sp³-hybridized carbons (Fsp3) is 0.188. The number of halogens is 2. The number of nitrogens with zero attached hydrogens (tertiary/aromatic N) is 1. The van der Waals surface area contributed by atoms with Crippen molar-refractivity contribution in [2.45, 2.75) is 13.5 Å². The van der Waals surface area contributed by atoms with Gasteiger partial charge in [0.15, 0.2) is 5.78 Å². The van der Waals surface area contributed by atoms with E-state index < -0.39 is 0 Å². The summed E-state index contributed by atoms with van der Waals surface area (Å²) in [7, 11) is 1.96. The monoisotopic (exact) mass is 307 g/mol. The third kappa shape index (κ3) is 3.33. The van der Waals surface area contributed by atoms with Crippen molar-refractivity contribution in [3.63, 3.8) is 0 Å². The van der Waals surface area contributed by atoms with Gasteiger partial charge < -0.3 is 4.90 Å². The summed E-state index contributed by atoms with van der Waals surface area (Å²) in [4.78, 5) is 13.4. The van der Waals surface area contributed by atoms with E-state index in [-0.39, 0.29) is 5.78 Å². The summed E-state index contributed by atoms with van der Waals surface area (Å²) in [6.07, 6.45) is 0. The highest BCUT2D eigenvalue weighted by atomic mass is 35.5. The Morgan fingerprint density at radius 2 is 1.80 bits per heavy atom. The van der Waals surface area contributed by atoms with Crippen molar-refractivity contribution in [3.8, 4) is 0 Å². The molecule has 0 N–H and O–H groups in total. The number of benzene rings is 2. The number of carbonyl (C=O) groups excluding carboxylic acids is 1. The van der Waals surface area contributed by atoms with Crippen molar-refractivity contribution in [1.82, 2.24) is 0 Å². The average molecular weight is 308 g/mol. The van der Waals surface area contributed by atoms with Gasteiger partial charge in [0.05, 0.1) is 5.02 Å². The summed E-state index contributed by atoms with van der Waals surface area (Å²) >= 11 is 12.3. The van der Waals surface area contributed by atoms with Crippen LogP contribution in [0.15, 0.2) is 42.5 Å². The third-order valence-electron chi connectivity index (χ3n) is 3.14. The minimum absolute atomic E-state index is 0.0321. The van der Waals surface area contributed by atoms with Crippen LogP contribution in [-0.2, 0) is 6.54 Å². The minimum Gasteiger partial charge on any atom is -0.370 e. The number of Topliss-reactive ketones (excluding diaryl/α,β-unsaturated/α-hetero) is 1. The molecule has 0 saturated heterocycles. The molecule has 0 aliphatic rings. The molecular formula is C16H15Cl2NO. The van der Waals surface area contributed by atoms with Gasteiger partial charge in [0, 0.05) is 29.9 Å². The fourth-order valence-electron chi connectivity index (χ4n) is 2.00. The molecule has 0 bridgehead atoms. The zero-order chi connectivity index (χ0) is 14.7. The molecular weight excluding hydrogens is 293 g/mol. The lowest BCUT2D eigenvalue weighted by molar-refractivity contribution is 0.101. The summed E-state index contributed by atoms with van der Waals surface area (Å²) < 4.78 is 0. The van der Waals surface area contributed by atoms with Gasteiger partial charge in [-0.15, -0.1) is 0 Å². The third-order valence-corrected chi connectivity index (χ3v) is 3.82. The first kappa shape index (κ1) is 14.9. The van der Waals surface area contributed by atoms with Gasteiger partial charge in [-0.1, -0.05) is 41.4 Å². The molecule has 0 aromatic heterocycles. The van der Waals surface area contributed by atoms with Gasteiger partial charge in [0.1, 0.15) is 0 Å². The van der Waals surface area contributed by atoms with Crippen LogP contribution in [-0.4, -0.2) is 12.8 Å². The summed E-state index contributed by atoms with van der Waals surface area (Å²) in [6, 6.07) is 13.2. The summed E-state index contributed by atoms with van der Waals surface area (Å²) in [6.45, 7) is 2.18. The van der Waals surface area contributed by atoms with Gasteiger partial charge in [-0.25, -0.2) is 0 Å². The molecule has 0 aliphatic heterocycles. The SMILES string of the molecule is CC(=O)c1ccc(N(C)Cc2ccccc2Cl)cc1Cl. The van der Waals surface area contributed by atoms with Gasteiger partial charge in [-0.2, -0.15) is 0 Å². The minimum atomic E-state index is -0.0321. The molecule has 2 rings (SSSR count). The largest absolute Gasteiger partial charge is 0.370 e. The zero-order valence-electron chi connectivity index (χ0n) is 11.4. The van der Waals surface area contributed by atoms with E-state index in [0.717, 1.165) is 16.3 Å².